The molecule has 218 valence electrons. The fourth-order valence-electron chi connectivity index (χ4n) is 7.47. The van der Waals surface area contributed by atoms with Crippen molar-refractivity contribution in [3.8, 4) is 5.75 Å². The molecule has 3 aliphatic rings. The second-order valence-electron chi connectivity index (χ2n) is 13.6. The molecule has 1 aromatic rings. The minimum Gasteiger partial charge on any atom is -0.483 e. The van der Waals surface area contributed by atoms with Gasteiger partial charge in [-0.05, 0) is 112 Å². The first-order valence-corrected chi connectivity index (χ1v) is 16.2. The Balaban J connectivity index is 1.81. The van der Waals surface area contributed by atoms with Crippen molar-refractivity contribution in [3.63, 3.8) is 0 Å². The third-order valence-electron chi connectivity index (χ3n) is 10.1. The van der Waals surface area contributed by atoms with E-state index in [1.165, 1.54) is 73.6 Å². The Bertz CT molecular complexity index is 1020. The van der Waals surface area contributed by atoms with Gasteiger partial charge in [0.25, 0.3) is 0 Å². The van der Waals surface area contributed by atoms with E-state index in [0.29, 0.717) is 30.2 Å². The number of benzene rings is 1. The average molecular weight is 538 g/mol. The van der Waals surface area contributed by atoms with Gasteiger partial charge in [-0.25, -0.2) is 0 Å². The zero-order valence-electron chi connectivity index (χ0n) is 25.8. The molecule has 4 heteroatoms. The number of carboxylic acids is 1. The molecule has 1 saturated heterocycles. The van der Waals surface area contributed by atoms with Crippen LogP contribution in [0.2, 0.25) is 0 Å². The van der Waals surface area contributed by atoms with Crippen molar-refractivity contribution in [2.75, 3.05) is 13.1 Å². The first-order chi connectivity index (χ1) is 18.6. The highest BCUT2D eigenvalue weighted by molar-refractivity contribution is 5.80. The molecule has 1 aromatic carbocycles. The highest BCUT2D eigenvalue weighted by Crippen LogP contribution is 2.52. The number of hydrogen-bond donors (Lipinski definition) is 1. The van der Waals surface area contributed by atoms with Crippen molar-refractivity contribution >= 4 is 11.5 Å². The molecule has 0 spiro atoms. The number of unbranched alkanes of at least 4 members (excludes halogenated alkanes) is 2. The summed E-state index contributed by atoms with van der Waals surface area (Å²) in [6.45, 7) is 16.0. The number of nitrogens with zero attached hydrogens (tertiary/aromatic N) is 1. The molecule has 1 aliphatic carbocycles. The SMILES string of the molecule is CCCCCC(C)C(C)c1cc2c(c(C3CCCCCN3CCCC(=O)O)c1)C1=C(CCC(C)C1)C(C)(C)O2. The number of fused-ring (bicyclic) bond motifs is 2. The Kier molecular flexibility index (Phi) is 10.2. The van der Waals surface area contributed by atoms with Gasteiger partial charge in [-0.2, -0.15) is 0 Å². The zero-order valence-corrected chi connectivity index (χ0v) is 25.8. The van der Waals surface area contributed by atoms with Crippen molar-refractivity contribution < 1.29 is 14.6 Å². The molecule has 4 atom stereocenters. The van der Waals surface area contributed by atoms with Gasteiger partial charge in [0.1, 0.15) is 11.4 Å². The van der Waals surface area contributed by atoms with Crippen molar-refractivity contribution in [2.24, 2.45) is 11.8 Å². The Labute approximate surface area is 238 Å². The smallest absolute Gasteiger partial charge is 0.303 e. The van der Waals surface area contributed by atoms with E-state index in [1.54, 1.807) is 5.57 Å². The van der Waals surface area contributed by atoms with Gasteiger partial charge in [0.05, 0.1) is 0 Å². The second kappa shape index (κ2) is 13.2. The largest absolute Gasteiger partial charge is 0.483 e. The Morgan fingerprint density at radius 3 is 2.67 bits per heavy atom. The lowest BCUT2D eigenvalue weighted by molar-refractivity contribution is -0.137. The molecule has 0 amide bonds. The number of allylic oxidation sites excluding steroid dienone is 1. The number of carbonyl (C=O) groups is 1. The Hall–Kier alpha value is -1.81. The maximum Gasteiger partial charge on any atom is 0.303 e. The predicted octanol–water partition coefficient (Wildman–Crippen LogP) is 9.53. The number of carboxylic acid groups (broad SMARTS) is 1. The highest BCUT2D eigenvalue weighted by atomic mass is 16.5. The third-order valence-corrected chi connectivity index (χ3v) is 10.1. The van der Waals surface area contributed by atoms with Gasteiger partial charge in [0.2, 0.25) is 0 Å². The second-order valence-corrected chi connectivity index (χ2v) is 13.6. The molecule has 0 saturated carbocycles. The van der Waals surface area contributed by atoms with Gasteiger partial charge < -0.3 is 9.84 Å². The van der Waals surface area contributed by atoms with Crippen LogP contribution in [-0.4, -0.2) is 34.7 Å². The molecule has 39 heavy (non-hydrogen) atoms. The highest BCUT2D eigenvalue weighted by Gasteiger charge is 2.40. The molecular weight excluding hydrogens is 482 g/mol. The van der Waals surface area contributed by atoms with Gasteiger partial charge in [-0.3, -0.25) is 9.69 Å². The molecular formula is C35H55NO3. The van der Waals surface area contributed by atoms with E-state index in [1.807, 2.05) is 0 Å². The third kappa shape index (κ3) is 7.10. The van der Waals surface area contributed by atoms with Gasteiger partial charge >= 0.3 is 5.97 Å². The first kappa shape index (κ1) is 30.2. The number of aliphatic carboxylic acids is 1. The topological polar surface area (TPSA) is 49.8 Å². The maximum absolute atomic E-state index is 11.3. The summed E-state index contributed by atoms with van der Waals surface area (Å²) in [4.78, 5) is 14.0. The van der Waals surface area contributed by atoms with E-state index >= 15 is 0 Å². The van der Waals surface area contributed by atoms with Gasteiger partial charge in [0, 0.05) is 18.0 Å². The Morgan fingerprint density at radius 2 is 1.92 bits per heavy atom. The van der Waals surface area contributed by atoms with Crippen LogP contribution in [0, 0.1) is 11.8 Å². The summed E-state index contributed by atoms with van der Waals surface area (Å²) in [5, 5.41) is 9.33. The van der Waals surface area contributed by atoms with Crippen LogP contribution in [0.5, 0.6) is 5.75 Å². The van der Waals surface area contributed by atoms with Crippen LogP contribution in [0.3, 0.4) is 0 Å². The monoisotopic (exact) mass is 537 g/mol. The molecule has 1 fully saturated rings. The normalized spacial score (nSPS) is 24.8. The summed E-state index contributed by atoms with van der Waals surface area (Å²) in [5.41, 5.74) is 7.07. The van der Waals surface area contributed by atoms with Crippen molar-refractivity contribution in [2.45, 2.75) is 143 Å². The molecule has 2 aliphatic heterocycles. The van der Waals surface area contributed by atoms with E-state index in [2.05, 4.69) is 58.6 Å². The van der Waals surface area contributed by atoms with Crippen LogP contribution >= 0.6 is 0 Å². The molecule has 4 rings (SSSR count). The number of likely N-dealkylation sites (tertiary alicyclic amines) is 1. The number of hydrogen-bond acceptors (Lipinski definition) is 3. The van der Waals surface area contributed by atoms with Crippen LogP contribution in [0.15, 0.2) is 17.7 Å². The quantitative estimate of drug-likeness (QED) is 0.286. The van der Waals surface area contributed by atoms with Crippen LogP contribution in [0.25, 0.3) is 5.57 Å². The summed E-state index contributed by atoms with van der Waals surface area (Å²) >= 11 is 0. The summed E-state index contributed by atoms with van der Waals surface area (Å²) in [5.74, 6) is 2.21. The van der Waals surface area contributed by atoms with E-state index in [9.17, 15) is 9.90 Å². The lowest BCUT2D eigenvalue weighted by Crippen LogP contribution is -2.38. The van der Waals surface area contributed by atoms with Gasteiger partial charge in [0.15, 0.2) is 0 Å². The van der Waals surface area contributed by atoms with Crippen LogP contribution in [-0.2, 0) is 4.79 Å². The Morgan fingerprint density at radius 1 is 1.13 bits per heavy atom. The van der Waals surface area contributed by atoms with Crippen molar-refractivity contribution in [1.82, 2.24) is 4.90 Å². The molecule has 2 heterocycles. The molecule has 4 nitrogen and oxygen atoms in total. The lowest BCUT2D eigenvalue weighted by atomic mass is 9.72. The minimum absolute atomic E-state index is 0.248. The molecule has 0 aromatic heterocycles. The van der Waals surface area contributed by atoms with Gasteiger partial charge in [-0.1, -0.05) is 72.3 Å². The van der Waals surface area contributed by atoms with Gasteiger partial charge in [-0.15, -0.1) is 0 Å². The number of ether oxygens (including phenoxy) is 1. The van der Waals surface area contributed by atoms with Crippen LogP contribution < -0.4 is 4.74 Å². The summed E-state index contributed by atoms with van der Waals surface area (Å²) in [6, 6.07) is 5.29. The molecule has 1 N–H and O–H groups in total. The van der Waals surface area contributed by atoms with E-state index in [0.717, 1.165) is 38.1 Å². The van der Waals surface area contributed by atoms with Crippen LogP contribution in [0.1, 0.15) is 154 Å². The summed E-state index contributed by atoms with van der Waals surface area (Å²) in [7, 11) is 0. The fraction of sp³-hybridized carbons (Fsp3) is 0.743. The van der Waals surface area contributed by atoms with E-state index in [4.69, 9.17) is 4.74 Å². The first-order valence-electron chi connectivity index (χ1n) is 16.2. The summed E-state index contributed by atoms with van der Waals surface area (Å²) in [6.07, 6.45) is 14.4. The fourth-order valence-corrected chi connectivity index (χ4v) is 7.47. The van der Waals surface area contributed by atoms with E-state index < -0.39 is 5.97 Å². The average Bonchev–Trinajstić information content (AvgIpc) is 3.12. The maximum atomic E-state index is 11.3. The predicted molar refractivity (Wildman–Crippen MR) is 162 cm³/mol. The number of rotatable bonds is 11. The lowest BCUT2D eigenvalue weighted by Gasteiger charge is -2.43. The standard InChI is InChI=1S/C35H55NO3/c1-7-8-10-14-25(3)26(4)27-22-29(31-15-11-9-12-19-36(31)20-13-16-33(37)38)34-28-21-24(2)17-18-30(28)35(5,6)39-32(34)23-27/h22-26,31H,7-21H2,1-6H3,(H,37,38). The molecule has 0 radical (unpaired) electrons. The van der Waals surface area contributed by atoms with Crippen LogP contribution in [0.4, 0.5) is 0 Å². The molecule has 4 unspecified atom stereocenters. The summed E-state index contributed by atoms with van der Waals surface area (Å²) < 4.78 is 6.95. The van der Waals surface area contributed by atoms with E-state index in [-0.39, 0.29) is 12.0 Å². The zero-order chi connectivity index (χ0) is 28.2. The van der Waals surface area contributed by atoms with Crippen molar-refractivity contribution in [1.29, 1.82) is 0 Å². The molecule has 0 bridgehead atoms. The minimum atomic E-state index is -0.687. The van der Waals surface area contributed by atoms with Crippen molar-refractivity contribution in [3.05, 3.63) is 34.4 Å².